The summed E-state index contributed by atoms with van der Waals surface area (Å²) in [5.74, 6) is 0. The molecule has 2 rings (SSSR count). The molecule has 1 unspecified atom stereocenters. The van der Waals surface area contributed by atoms with Crippen LogP contribution < -0.4 is 0 Å². The fraction of sp³-hybridized carbons (Fsp3) is 1.00. The van der Waals surface area contributed by atoms with Crippen LogP contribution in [0, 0.1) is 0 Å². The summed E-state index contributed by atoms with van der Waals surface area (Å²) in [5, 5.41) is 10.1. The first-order valence-electron chi connectivity index (χ1n) is 6.70. The lowest BCUT2D eigenvalue weighted by molar-refractivity contribution is -0.0479. The van der Waals surface area contributed by atoms with Gasteiger partial charge < -0.3 is 10.0 Å². The standard InChI is InChI=1S/C13H25NO/c1-2-14-11-4-3-6-12(14)7-10-13(15)8-5-9-13/h12,15H,2-11H2,1H3. The molecule has 88 valence electrons. The summed E-state index contributed by atoms with van der Waals surface area (Å²) in [6.07, 6.45) is 9.69. The highest BCUT2D eigenvalue weighted by atomic mass is 16.3. The molecule has 1 saturated heterocycles. The Labute approximate surface area is 93.7 Å². The number of rotatable bonds is 4. The van der Waals surface area contributed by atoms with Gasteiger partial charge in [-0.1, -0.05) is 13.3 Å². The molecule has 0 spiro atoms. The lowest BCUT2D eigenvalue weighted by atomic mass is 9.76. The molecular weight excluding hydrogens is 186 g/mol. The van der Waals surface area contributed by atoms with E-state index in [1.807, 2.05) is 0 Å². The van der Waals surface area contributed by atoms with Gasteiger partial charge >= 0.3 is 0 Å². The number of nitrogens with zero attached hydrogens (tertiary/aromatic N) is 1. The third kappa shape index (κ3) is 2.73. The van der Waals surface area contributed by atoms with Crippen LogP contribution in [0.1, 0.15) is 58.3 Å². The summed E-state index contributed by atoms with van der Waals surface area (Å²) >= 11 is 0. The normalized spacial score (nSPS) is 31.2. The fourth-order valence-corrected chi connectivity index (χ4v) is 3.07. The van der Waals surface area contributed by atoms with Gasteiger partial charge in [-0.25, -0.2) is 0 Å². The number of piperidine rings is 1. The highest BCUT2D eigenvalue weighted by molar-refractivity contribution is 4.89. The summed E-state index contributed by atoms with van der Waals surface area (Å²) in [7, 11) is 0. The van der Waals surface area contributed by atoms with Crippen molar-refractivity contribution in [3.63, 3.8) is 0 Å². The Morgan fingerprint density at radius 3 is 2.67 bits per heavy atom. The van der Waals surface area contributed by atoms with Gasteiger partial charge in [0, 0.05) is 6.04 Å². The zero-order valence-corrected chi connectivity index (χ0v) is 10.0. The average molecular weight is 211 g/mol. The van der Waals surface area contributed by atoms with E-state index in [1.54, 1.807) is 0 Å². The van der Waals surface area contributed by atoms with Crippen LogP contribution in [-0.2, 0) is 0 Å². The number of likely N-dealkylation sites (tertiary alicyclic amines) is 1. The second-order valence-electron chi connectivity index (χ2n) is 5.39. The first-order chi connectivity index (χ1) is 7.23. The molecule has 0 radical (unpaired) electrons. The van der Waals surface area contributed by atoms with E-state index in [4.69, 9.17) is 0 Å². The highest BCUT2D eigenvalue weighted by Crippen LogP contribution is 2.37. The SMILES string of the molecule is CCN1CCCCC1CCC1(O)CCC1. The summed E-state index contributed by atoms with van der Waals surface area (Å²) < 4.78 is 0. The van der Waals surface area contributed by atoms with E-state index < -0.39 is 0 Å². The van der Waals surface area contributed by atoms with Crippen molar-refractivity contribution in [1.29, 1.82) is 0 Å². The first kappa shape index (κ1) is 11.4. The lowest BCUT2D eigenvalue weighted by Crippen LogP contribution is -2.43. The molecule has 1 aliphatic carbocycles. The Bertz CT molecular complexity index is 201. The zero-order valence-electron chi connectivity index (χ0n) is 10.0. The maximum absolute atomic E-state index is 10.1. The van der Waals surface area contributed by atoms with Crippen LogP contribution in [0.2, 0.25) is 0 Å². The fourth-order valence-electron chi connectivity index (χ4n) is 3.07. The second kappa shape index (κ2) is 4.84. The van der Waals surface area contributed by atoms with Gasteiger partial charge in [-0.15, -0.1) is 0 Å². The van der Waals surface area contributed by atoms with Gasteiger partial charge in [0.05, 0.1) is 5.60 Å². The van der Waals surface area contributed by atoms with Gasteiger partial charge in [-0.3, -0.25) is 0 Å². The smallest absolute Gasteiger partial charge is 0.0648 e. The van der Waals surface area contributed by atoms with Crippen molar-refractivity contribution in [2.45, 2.75) is 69.9 Å². The monoisotopic (exact) mass is 211 g/mol. The molecule has 15 heavy (non-hydrogen) atoms. The molecule has 0 amide bonds. The van der Waals surface area contributed by atoms with Crippen LogP contribution in [0.3, 0.4) is 0 Å². The topological polar surface area (TPSA) is 23.5 Å². The predicted molar refractivity (Wildman–Crippen MR) is 62.9 cm³/mol. The quantitative estimate of drug-likeness (QED) is 0.772. The van der Waals surface area contributed by atoms with E-state index in [9.17, 15) is 5.11 Å². The average Bonchev–Trinajstić information content (AvgIpc) is 2.24. The Hall–Kier alpha value is -0.0800. The van der Waals surface area contributed by atoms with Crippen molar-refractivity contribution in [2.24, 2.45) is 0 Å². The summed E-state index contributed by atoms with van der Waals surface area (Å²) in [4.78, 5) is 2.60. The minimum absolute atomic E-state index is 0.267. The Morgan fingerprint density at radius 2 is 2.07 bits per heavy atom. The van der Waals surface area contributed by atoms with Crippen LogP contribution in [0.4, 0.5) is 0 Å². The number of aliphatic hydroxyl groups is 1. The minimum atomic E-state index is -0.267. The van der Waals surface area contributed by atoms with Crippen LogP contribution >= 0.6 is 0 Å². The number of hydrogen-bond donors (Lipinski definition) is 1. The maximum Gasteiger partial charge on any atom is 0.0648 e. The molecule has 1 N–H and O–H groups in total. The van der Waals surface area contributed by atoms with E-state index >= 15 is 0 Å². The van der Waals surface area contributed by atoms with Crippen molar-refractivity contribution in [3.8, 4) is 0 Å². The molecule has 2 fully saturated rings. The summed E-state index contributed by atoms with van der Waals surface area (Å²) in [6, 6.07) is 0.758. The van der Waals surface area contributed by atoms with Gasteiger partial charge in [-0.2, -0.15) is 0 Å². The molecular formula is C13H25NO. The van der Waals surface area contributed by atoms with E-state index in [1.165, 1.54) is 45.2 Å². The van der Waals surface area contributed by atoms with Gasteiger partial charge in [0.2, 0.25) is 0 Å². The van der Waals surface area contributed by atoms with Crippen LogP contribution in [0.5, 0.6) is 0 Å². The van der Waals surface area contributed by atoms with Crippen molar-refractivity contribution < 1.29 is 5.11 Å². The molecule has 0 aromatic rings. The Kier molecular flexibility index (Phi) is 3.68. The minimum Gasteiger partial charge on any atom is -0.390 e. The molecule has 0 bridgehead atoms. The Morgan fingerprint density at radius 1 is 1.27 bits per heavy atom. The van der Waals surface area contributed by atoms with Gasteiger partial charge in [0.15, 0.2) is 0 Å². The molecule has 2 aliphatic rings. The largest absolute Gasteiger partial charge is 0.390 e. The molecule has 2 nitrogen and oxygen atoms in total. The van der Waals surface area contributed by atoms with Crippen LogP contribution in [0.25, 0.3) is 0 Å². The third-order valence-electron chi connectivity index (χ3n) is 4.38. The maximum atomic E-state index is 10.1. The zero-order chi connectivity index (χ0) is 10.7. The van der Waals surface area contributed by atoms with Crippen molar-refractivity contribution in [1.82, 2.24) is 4.90 Å². The second-order valence-corrected chi connectivity index (χ2v) is 5.39. The van der Waals surface area contributed by atoms with Gasteiger partial charge in [-0.05, 0) is 58.0 Å². The van der Waals surface area contributed by atoms with Crippen molar-refractivity contribution >= 4 is 0 Å². The summed E-state index contributed by atoms with van der Waals surface area (Å²) in [6.45, 7) is 4.72. The third-order valence-corrected chi connectivity index (χ3v) is 4.38. The van der Waals surface area contributed by atoms with Crippen LogP contribution in [-0.4, -0.2) is 34.7 Å². The molecule has 0 aromatic carbocycles. The Balaban J connectivity index is 1.76. The van der Waals surface area contributed by atoms with Gasteiger partial charge in [0.1, 0.15) is 0 Å². The van der Waals surface area contributed by atoms with E-state index in [0.29, 0.717) is 0 Å². The molecule has 1 aliphatic heterocycles. The predicted octanol–water partition coefficient (Wildman–Crippen LogP) is 2.56. The summed E-state index contributed by atoms with van der Waals surface area (Å²) in [5.41, 5.74) is -0.267. The molecule has 1 atom stereocenters. The lowest BCUT2D eigenvalue weighted by Gasteiger charge is -2.40. The molecule has 1 saturated carbocycles. The van der Waals surface area contributed by atoms with E-state index in [-0.39, 0.29) is 5.60 Å². The molecule has 2 heteroatoms. The first-order valence-corrected chi connectivity index (χ1v) is 6.70. The van der Waals surface area contributed by atoms with E-state index in [2.05, 4.69) is 11.8 Å². The number of hydrogen-bond acceptors (Lipinski definition) is 2. The van der Waals surface area contributed by atoms with E-state index in [0.717, 1.165) is 25.3 Å². The molecule has 1 heterocycles. The van der Waals surface area contributed by atoms with Crippen LogP contribution in [0.15, 0.2) is 0 Å². The molecule has 0 aromatic heterocycles. The van der Waals surface area contributed by atoms with Crippen molar-refractivity contribution in [3.05, 3.63) is 0 Å². The van der Waals surface area contributed by atoms with Gasteiger partial charge in [0.25, 0.3) is 0 Å². The van der Waals surface area contributed by atoms with Crippen molar-refractivity contribution in [2.75, 3.05) is 13.1 Å². The highest BCUT2D eigenvalue weighted by Gasteiger charge is 2.35.